The van der Waals surface area contributed by atoms with Crippen molar-refractivity contribution < 1.29 is 19.4 Å². The lowest BCUT2D eigenvalue weighted by atomic mass is 10.1. The van der Waals surface area contributed by atoms with Gasteiger partial charge in [-0.3, -0.25) is 9.59 Å². The number of aliphatic hydroxyl groups is 1. The summed E-state index contributed by atoms with van der Waals surface area (Å²) < 4.78 is 4.62. The zero-order valence-electron chi connectivity index (χ0n) is 10.2. The molecule has 2 N–H and O–H groups in total. The molecule has 0 aliphatic heterocycles. The largest absolute Gasteiger partial charge is 0.469 e. The molecule has 18 heavy (non-hydrogen) atoms. The van der Waals surface area contributed by atoms with Crippen molar-refractivity contribution in [3.8, 4) is 0 Å². The Morgan fingerprint density at radius 3 is 2.89 bits per heavy atom. The van der Waals surface area contributed by atoms with Crippen LogP contribution in [0.25, 0.3) is 0 Å². The Kier molecular flexibility index (Phi) is 6.38. The number of esters is 1. The van der Waals surface area contributed by atoms with E-state index in [4.69, 9.17) is 5.11 Å². The van der Waals surface area contributed by atoms with Gasteiger partial charge >= 0.3 is 5.97 Å². The lowest BCUT2D eigenvalue weighted by molar-refractivity contribution is -0.141. The SMILES string of the molecule is COC(=O)CC(NC(=O)CCCO)c1cccs1. The van der Waals surface area contributed by atoms with Crippen molar-refractivity contribution in [1.82, 2.24) is 5.32 Å². The molecule has 1 heterocycles. The Bertz CT molecular complexity index is 377. The number of carbonyl (C=O) groups is 2. The molecule has 0 radical (unpaired) electrons. The second-order valence-electron chi connectivity index (χ2n) is 3.74. The van der Waals surface area contributed by atoms with Gasteiger partial charge in [0.2, 0.25) is 5.91 Å². The van der Waals surface area contributed by atoms with Crippen LogP contribution in [0.4, 0.5) is 0 Å². The maximum Gasteiger partial charge on any atom is 0.307 e. The van der Waals surface area contributed by atoms with E-state index >= 15 is 0 Å². The highest BCUT2D eigenvalue weighted by molar-refractivity contribution is 7.10. The van der Waals surface area contributed by atoms with Gasteiger partial charge in [-0.05, 0) is 17.9 Å². The summed E-state index contributed by atoms with van der Waals surface area (Å²) in [6.07, 6.45) is 0.780. The predicted octanol–water partition coefficient (Wildman–Crippen LogP) is 1.24. The highest BCUT2D eigenvalue weighted by Crippen LogP contribution is 2.22. The van der Waals surface area contributed by atoms with E-state index in [1.807, 2.05) is 17.5 Å². The molecule has 0 spiro atoms. The topological polar surface area (TPSA) is 75.6 Å². The molecule has 0 saturated heterocycles. The van der Waals surface area contributed by atoms with Crippen molar-refractivity contribution in [2.45, 2.75) is 25.3 Å². The van der Waals surface area contributed by atoms with Gasteiger partial charge in [-0.2, -0.15) is 0 Å². The summed E-state index contributed by atoms with van der Waals surface area (Å²) in [6.45, 7) is -0.0198. The maximum atomic E-state index is 11.6. The van der Waals surface area contributed by atoms with Gasteiger partial charge in [-0.25, -0.2) is 0 Å². The summed E-state index contributed by atoms with van der Waals surface area (Å²) >= 11 is 1.48. The smallest absolute Gasteiger partial charge is 0.307 e. The number of amides is 1. The molecule has 1 unspecified atom stereocenters. The van der Waals surface area contributed by atoms with Crippen LogP contribution in [-0.2, 0) is 14.3 Å². The van der Waals surface area contributed by atoms with E-state index < -0.39 is 0 Å². The first kappa shape index (κ1) is 14.7. The molecular formula is C12H17NO4S. The Morgan fingerprint density at radius 2 is 2.33 bits per heavy atom. The number of methoxy groups -OCH3 is 1. The minimum atomic E-state index is -0.365. The molecule has 1 aromatic rings. The van der Waals surface area contributed by atoms with Gasteiger partial charge in [0.25, 0.3) is 0 Å². The van der Waals surface area contributed by atoms with E-state index in [9.17, 15) is 9.59 Å². The zero-order valence-corrected chi connectivity index (χ0v) is 11.0. The van der Waals surface area contributed by atoms with Crippen LogP contribution >= 0.6 is 11.3 Å². The van der Waals surface area contributed by atoms with E-state index in [0.29, 0.717) is 6.42 Å². The van der Waals surface area contributed by atoms with Crippen molar-refractivity contribution in [2.75, 3.05) is 13.7 Å². The van der Waals surface area contributed by atoms with Gasteiger partial charge in [0.1, 0.15) is 0 Å². The number of ether oxygens (including phenoxy) is 1. The summed E-state index contributed by atoms with van der Waals surface area (Å²) in [5.41, 5.74) is 0. The summed E-state index contributed by atoms with van der Waals surface area (Å²) in [5, 5.41) is 13.3. The van der Waals surface area contributed by atoms with Gasteiger partial charge in [-0.15, -0.1) is 11.3 Å². The average Bonchev–Trinajstić information content (AvgIpc) is 2.89. The Labute approximate surface area is 110 Å². The summed E-state index contributed by atoms with van der Waals surface area (Å²) in [5.74, 6) is -0.540. The molecule has 100 valence electrons. The fourth-order valence-corrected chi connectivity index (χ4v) is 2.25. The normalized spacial score (nSPS) is 11.9. The summed E-state index contributed by atoms with van der Waals surface area (Å²) in [7, 11) is 1.32. The standard InChI is InChI=1S/C12H17NO4S/c1-17-12(16)8-9(10-4-3-7-18-10)13-11(15)5-2-6-14/h3-4,7,9,14H,2,5-6,8H2,1H3,(H,13,15). The molecule has 0 saturated carbocycles. The molecule has 1 rings (SSSR count). The van der Waals surface area contributed by atoms with Crippen LogP contribution in [0.1, 0.15) is 30.2 Å². The fourth-order valence-electron chi connectivity index (χ4n) is 1.47. The van der Waals surface area contributed by atoms with Crippen molar-refractivity contribution in [1.29, 1.82) is 0 Å². The summed E-state index contributed by atoms with van der Waals surface area (Å²) in [4.78, 5) is 23.8. The second kappa shape index (κ2) is 7.84. The monoisotopic (exact) mass is 271 g/mol. The number of hydrogen-bond acceptors (Lipinski definition) is 5. The molecule has 0 aromatic carbocycles. The van der Waals surface area contributed by atoms with Crippen molar-refractivity contribution in [3.63, 3.8) is 0 Å². The van der Waals surface area contributed by atoms with Crippen LogP contribution in [0.3, 0.4) is 0 Å². The second-order valence-corrected chi connectivity index (χ2v) is 4.72. The molecule has 1 aromatic heterocycles. The molecule has 6 heteroatoms. The van der Waals surface area contributed by atoms with Crippen molar-refractivity contribution in [3.05, 3.63) is 22.4 Å². The number of carbonyl (C=O) groups excluding carboxylic acids is 2. The Morgan fingerprint density at radius 1 is 1.56 bits per heavy atom. The lowest BCUT2D eigenvalue weighted by Gasteiger charge is -2.16. The minimum Gasteiger partial charge on any atom is -0.469 e. The number of thiophene rings is 1. The first-order chi connectivity index (χ1) is 8.67. The van der Waals surface area contributed by atoms with Crippen LogP contribution < -0.4 is 5.32 Å². The van der Waals surface area contributed by atoms with Crippen LogP contribution in [0.15, 0.2) is 17.5 Å². The number of nitrogens with one attached hydrogen (secondary N) is 1. The summed E-state index contributed by atoms with van der Waals surface area (Å²) in [6, 6.07) is 3.37. The molecule has 0 bridgehead atoms. The Hall–Kier alpha value is -1.40. The van der Waals surface area contributed by atoms with Crippen LogP contribution in [0, 0.1) is 0 Å². The molecule has 5 nitrogen and oxygen atoms in total. The van der Waals surface area contributed by atoms with Crippen molar-refractivity contribution in [2.24, 2.45) is 0 Å². The van der Waals surface area contributed by atoms with Crippen LogP contribution in [0.2, 0.25) is 0 Å². The first-order valence-electron chi connectivity index (χ1n) is 5.67. The first-order valence-corrected chi connectivity index (χ1v) is 6.55. The quantitative estimate of drug-likeness (QED) is 0.732. The molecule has 0 aliphatic carbocycles. The number of aliphatic hydroxyl groups excluding tert-OH is 1. The average molecular weight is 271 g/mol. The van der Waals surface area contributed by atoms with E-state index in [1.54, 1.807) is 0 Å². The van der Waals surface area contributed by atoms with Crippen molar-refractivity contribution >= 4 is 23.2 Å². The molecule has 1 amide bonds. The van der Waals surface area contributed by atoms with Gasteiger partial charge in [0.05, 0.1) is 19.6 Å². The predicted molar refractivity (Wildman–Crippen MR) is 68.2 cm³/mol. The molecule has 0 fully saturated rings. The van der Waals surface area contributed by atoms with E-state index in [2.05, 4.69) is 10.1 Å². The lowest BCUT2D eigenvalue weighted by Crippen LogP contribution is -2.29. The van der Waals surface area contributed by atoms with Gasteiger partial charge < -0.3 is 15.2 Å². The van der Waals surface area contributed by atoms with Gasteiger partial charge in [0.15, 0.2) is 0 Å². The highest BCUT2D eigenvalue weighted by atomic mass is 32.1. The van der Waals surface area contributed by atoms with Gasteiger partial charge in [0, 0.05) is 17.9 Å². The molecular weight excluding hydrogens is 254 g/mol. The zero-order chi connectivity index (χ0) is 13.4. The maximum absolute atomic E-state index is 11.6. The molecule has 0 aliphatic rings. The third-order valence-corrected chi connectivity index (χ3v) is 3.37. The number of hydrogen-bond donors (Lipinski definition) is 2. The molecule has 1 atom stereocenters. The fraction of sp³-hybridized carbons (Fsp3) is 0.500. The third-order valence-electron chi connectivity index (χ3n) is 2.38. The highest BCUT2D eigenvalue weighted by Gasteiger charge is 2.19. The van der Waals surface area contributed by atoms with E-state index in [0.717, 1.165) is 4.88 Å². The van der Waals surface area contributed by atoms with E-state index in [1.165, 1.54) is 18.4 Å². The van der Waals surface area contributed by atoms with Crippen LogP contribution in [-0.4, -0.2) is 30.7 Å². The van der Waals surface area contributed by atoms with Crippen LogP contribution in [0.5, 0.6) is 0 Å². The Balaban J connectivity index is 2.60. The van der Waals surface area contributed by atoms with E-state index in [-0.39, 0.29) is 37.4 Å². The third kappa shape index (κ3) is 4.85. The minimum absolute atomic E-state index is 0.0198. The van der Waals surface area contributed by atoms with Gasteiger partial charge in [-0.1, -0.05) is 6.07 Å². The number of rotatable bonds is 7.